The van der Waals surface area contributed by atoms with Crippen LogP contribution in [-0.4, -0.2) is 60.7 Å². The number of rotatable bonds is 5. The van der Waals surface area contributed by atoms with Crippen molar-refractivity contribution in [2.24, 2.45) is 0 Å². The Morgan fingerprint density at radius 2 is 1.89 bits per heavy atom. The molecular weight excluding hydrogens is 464 g/mol. The molecule has 1 fully saturated rings. The van der Waals surface area contributed by atoms with Crippen LogP contribution < -0.4 is 5.56 Å². The van der Waals surface area contributed by atoms with Gasteiger partial charge in [0.25, 0.3) is 5.56 Å². The van der Waals surface area contributed by atoms with Gasteiger partial charge in [0.2, 0.25) is 0 Å². The van der Waals surface area contributed by atoms with Gasteiger partial charge in [-0.1, -0.05) is 13.0 Å². The topological polar surface area (TPSA) is 84.9 Å². The molecule has 1 aliphatic rings. The molecule has 4 aromatic rings. The predicted octanol–water partition coefficient (Wildman–Crippen LogP) is 3.81. The Balaban J connectivity index is 1.74. The molecule has 1 saturated heterocycles. The lowest BCUT2D eigenvalue weighted by atomic mass is 9.90. The first kappa shape index (κ1) is 23.6. The van der Waals surface area contributed by atoms with Gasteiger partial charge in [0, 0.05) is 6.20 Å². The minimum Gasteiger partial charge on any atom is -0.306 e. The van der Waals surface area contributed by atoms with Crippen LogP contribution >= 0.6 is 11.6 Å². The number of halogens is 1. The molecule has 0 amide bonds. The fourth-order valence-corrected chi connectivity index (χ4v) is 5.19. The van der Waals surface area contributed by atoms with Crippen molar-refractivity contribution in [2.75, 3.05) is 26.0 Å². The molecule has 0 spiro atoms. The van der Waals surface area contributed by atoms with E-state index in [1.165, 1.54) is 4.40 Å². The molecule has 5 rings (SSSR count). The quantitative estimate of drug-likeness (QED) is 0.311. The van der Waals surface area contributed by atoms with E-state index in [1.54, 1.807) is 4.52 Å². The third-order valence-corrected chi connectivity index (χ3v) is 7.19. The Morgan fingerprint density at radius 1 is 1.14 bits per heavy atom. The lowest BCUT2D eigenvalue weighted by Gasteiger charge is -2.29. The number of aromatic nitrogens is 5. The number of piperidine rings is 1. The molecule has 5 heterocycles. The minimum atomic E-state index is -0.460. The molecular formula is C26H29ClN6O2. The fraction of sp³-hybridized carbons (Fsp3) is 0.423. The SMILES string of the molecule is CCc1nc(C)cn2nc(-c3nc4c(C)cc(C5CCN(C)CC5)cn4c(=O)c3C(=O)CCl)cc12. The second kappa shape index (κ2) is 9.17. The molecule has 0 unspecified atom stereocenters. The van der Waals surface area contributed by atoms with Gasteiger partial charge >= 0.3 is 0 Å². The Labute approximate surface area is 208 Å². The summed E-state index contributed by atoms with van der Waals surface area (Å²) in [6, 6.07) is 3.97. The smallest absolute Gasteiger partial charge is 0.269 e. The summed E-state index contributed by atoms with van der Waals surface area (Å²) < 4.78 is 3.26. The molecule has 0 radical (unpaired) electrons. The summed E-state index contributed by atoms with van der Waals surface area (Å²) >= 11 is 5.95. The Bertz CT molecular complexity index is 1510. The van der Waals surface area contributed by atoms with E-state index in [0.717, 1.165) is 60.4 Å². The summed E-state index contributed by atoms with van der Waals surface area (Å²) in [5, 5.41) is 4.67. The van der Waals surface area contributed by atoms with Crippen LogP contribution in [0.4, 0.5) is 0 Å². The number of nitrogens with zero attached hydrogens (tertiary/aromatic N) is 6. The van der Waals surface area contributed by atoms with Gasteiger partial charge in [-0.3, -0.25) is 19.0 Å². The lowest BCUT2D eigenvalue weighted by Crippen LogP contribution is -2.30. The summed E-state index contributed by atoms with van der Waals surface area (Å²) in [7, 11) is 2.13. The molecule has 0 atom stereocenters. The highest BCUT2D eigenvalue weighted by molar-refractivity contribution is 6.31. The van der Waals surface area contributed by atoms with Gasteiger partial charge in [0.1, 0.15) is 22.6 Å². The predicted molar refractivity (Wildman–Crippen MR) is 137 cm³/mol. The first-order valence-electron chi connectivity index (χ1n) is 12.0. The summed E-state index contributed by atoms with van der Waals surface area (Å²) in [4.78, 5) is 38.4. The molecule has 8 nitrogen and oxygen atoms in total. The monoisotopic (exact) mass is 492 g/mol. The van der Waals surface area contributed by atoms with E-state index in [0.29, 0.717) is 17.3 Å². The number of fused-ring (bicyclic) bond motifs is 2. The van der Waals surface area contributed by atoms with Crippen molar-refractivity contribution < 1.29 is 4.79 Å². The van der Waals surface area contributed by atoms with Crippen LogP contribution in [0.25, 0.3) is 22.6 Å². The minimum absolute atomic E-state index is 0.0245. The molecule has 4 aromatic heterocycles. The number of alkyl halides is 1. The summed E-state index contributed by atoms with van der Waals surface area (Å²) in [6.07, 6.45) is 6.48. The van der Waals surface area contributed by atoms with E-state index < -0.39 is 11.3 Å². The van der Waals surface area contributed by atoms with E-state index in [1.807, 2.05) is 39.2 Å². The number of pyridine rings is 1. The number of aryl methyl sites for hydroxylation is 3. The van der Waals surface area contributed by atoms with Gasteiger partial charge in [0.15, 0.2) is 5.78 Å². The molecule has 0 saturated carbocycles. The van der Waals surface area contributed by atoms with E-state index in [9.17, 15) is 9.59 Å². The molecule has 9 heteroatoms. The Hall–Kier alpha value is -3.10. The van der Waals surface area contributed by atoms with E-state index in [-0.39, 0.29) is 17.1 Å². The van der Waals surface area contributed by atoms with Crippen LogP contribution in [0.3, 0.4) is 0 Å². The average Bonchev–Trinajstić information content (AvgIpc) is 3.27. The zero-order valence-corrected chi connectivity index (χ0v) is 21.3. The molecule has 35 heavy (non-hydrogen) atoms. The molecule has 0 N–H and O–H groups in total. The number of carbonyl (C=O) groups is 1. The van der Waals surface area contributed by atoms with Crippen molar-refractivity contribution in [3.63, 3.8) is 0 Å². The van der Waals surface area contributed by atoms with Crippen LogP contribution in [0.15, 0.2) is 29.3 Å². The number of ketones is 1. The standard InChI is InChI=1S/C26H29ClN6O2/c1-5-19-21-11-20(30-33(21)13-16(3)28-19)24-23(22(34)12-27)26(35)32-14-18(10-15(2)25(32)29-24)17-6-8-31(4)9-7-17/h10-11,13-14,17H,5-9,12H2,1-4H3. The van der Waals surface area contributed by atoms with Gasteiger partial charge in [-0.25, -0.2) is 9.50 Å². The first-order valence-corrected chi connectivity index (χ1v) is 12.5. The second-order valence-electron chi connectivity index (χ2n) is 9.47. The number of likely N-dealkylation sites (tertiary alicyclic amines) is 1. The van der Waals surface area contributed by atoms with Gasteiger partial charge in [-0.05, 0) is 76.4 Å². The molecule has 1 aliphatic heterocycles. The summed E-state index contributed by atoms with van der Waals surface area (Å²) in [5.74, 6) is -0.398. The molecule has 0 aromatic carbocycles. The number of carbonyl (C=O) groups excluding carboxylic acids is 1. The van der Waals surface area contributed by atoms with Gasteiger partial charge in [0.05, 0.1) is 29.0 Å². The van der Waals surface area contributed by atoms with Crippen molar-refractivity contribution in [2.45, 2.75) is 46.0 Å². The van der Waals surface area contributed by atoms with Crippen LogP contribution in [0, 0.1) is 13.8 Å². The Kier molecular flexibility index (Phi) is 6.19. The molecule has 182 valence electrons. The van der Waals surface area contributed by atoms with Crippen LogP contribution in [0.2, 0.25) is 0 Å². The van der Waals surface area contributed by atoms with Crippen LogP contribution in [0.1, 0.15) is 58.6 Å². The van der Waals surface area contributed by atoms with E-state index in [4.69, 9.17) is 16.6 Å². The van der Waals surface area contributed by atoms with Gasteiger partial charge < -0.3 is 4.90 Å². The van der Waals surface area contributed by atoms with Crippen molar-refractivity contribution in [3.8, 4) is 11.4 Å². The highest BCUT2D eigenvalue weighted by Crippen LogP contribution is 2.30. The van der Waals surface area contributed by atoms with Crippen molar-refractivity contribution >= 4 is 28.5 Å². The third-order valence-electron chi connectivity index (χ3n) is 6.95. The second-order valence-corrected chi connectivity index (χ2v) is 9.73. The highest BCUT2D eigenvalue weighted by Gasteiger charge is 2.25. The maximum absolute atomic E-state index is 13.7. The zero-order valence-electron chi connectivity index (χ0n) is 20.5. The maximum atomic E-state index is 13.7. The first-order chi connectivity index (χ1) is 16.8. The normalized spacial score (nSPS) is 15.3. The number of Topliss-reactive ketones (excluding diaryl/α,β-unsaturated/α-hetero) is 1. The number of hydrogen-bond donors (Lipinski definition) is 0. The van der Waals surface area contributed by atoms with Crippen LogP contribution in [-0.2, 0) is 6.42 Å². The Morgan fingerprint density at radius 3 is 2.57 bits per heavy atom. The number of hydrogen-bond acceptors (Lipinski definition) is 6. The van der Waals surface area contributed by atoms with Gasteiger partial charge in [-0.15, -0.1) is 11.6 Å². The maximum Gasteiger partial charge on any atom is 0.269 e. The average molecular weight is 493 g/mol. The van der Waals surface area contributed by atoms with Crippen molar-refractivity contribution in [3.05, 3.63) is 63.0 Å². The largest absolute Gasteiger partial charge is 0.306 e. The third kappa shape index (κ3) is 4.15. The lowest BCUT2D eigenvalue weighted by molar-refractivity contribution is 0.101. The van der Waals surface area contributed by atoms with E-state index >= 15 is 0 Å². The highest BCUT2D eigenvalue weighted by atomic mass is 35.5. The van der Waals surface area contributed by atoms with Crippen molar-refractivity contribution in [1.82, 2.24) is 28.9 Å². The molecule has 0 bridgehead atoms. The summed E-state index contributed by atoms with van der Waals surface area (Å²) in [6.45, 7) is 7.94. The zero-order chi connectivity index (χ0) is 24.9. The van der Waals surface area contributed by atoms with Gasteiger partial charge in [-0.2, -0.15) is 5.10 Å². The van der Waals surface area contributed by atoms with Crippen molar-refractivity contribution in [1.29, 1.82) is 0 Å². The fourth-order valence-electron chi connectivity index (χ4n) is 5.06. The van der Waals surface area contributed by atoms with E-state index in [2.05, 4.69) is 28.1 Å². The van der Waals surface area contributed by atoms with Crippen LogP contribution in [0.5, 0.6) is 0 Å². The molecule has 0 aliphatic carbocycles. The summed E-state index contributed by atoms with van der Waals surface area (Å²) in [5.41, 5.74) is 5.36.